The lowest BCUT2D eigenvalue weighted by Gasteiger charge is -2.13. The summed E-state index contributed by atoms with van der Waals surface area (Å²) in [5.41, 5.74) is 1.53. The molecular formula is C18H20N2O3. The number of carbonyl (C=O) groups is 1. The molecular weight excluding hydrogens is 292 g/mol. The van der Waals surface area contributed by atoms with Gasteiger partial charge in [-0.25, -0.2) is 0 Å². The SMILES string of the molecule is C=CCNC(=O)c1ccc(OCc2ccncc2)c(OCC)c1. The van der Waals surface area contributed by atoms with E-state index in [4.69, 9.17) is 9.47 Å². The summed E-state index contributed by atoms with van der Waals surface area (Å²) in [6.45, 7) is 6.78. The molecule has 0 saturated carbocycles. The van der Waals surface area contributed by atoms with E-state index in [0.717, 1.165) is 5.56 Å². The molecule has 0 spiro atoms. The number of aromatic nitrogens is 1. The predicted octanol–water partition coefficient (Wildman–Crippen LogP) is 2.98. The zero-order valence-electron chi connectivity index (χ0n) is 13.1. The standard InChI is InChI=1S/C18H20N2O3/c1-3-9-20-18(21)15-5-6-16(17(12-15)22-4-2)23-13-14-7-10-19-11-8-14/h3,5-8,10-12H,1,4,9,13H2,2H3,(H,20,21). The van der Waals surface area contributed by atoms with Gasteiger partial charge >= 0.3 is 0 Å². The van der Waals surface area contributed by atoms with Gasteiger partial charge in [-0.2, -0.15) is 0 Å². The maximum absolute atomic E-state index is 12.0. The fourth-order valence-corrected chi connectivity index (χ4v) is 1.94. The van der Waals surface area contributed by atoms with Crippen LogP contribution in [0.2, 0.25) is 0 Å². The van der Waals surface area contributed by atoms with E-state index in [1.165, 1.54) is 0 Å². The van der Waals surface area contributed by atoms with Crippen LogP contribution in [-0.2, 0) is 6.61 Å². The number of hydrogen-bond acceptors (Lipinski definition) is 4. The molecule has 0 aliphatic carbocycles. The predicted molar refractivity (Wildman–Crippen MR) is 88.7 cm³/mol. The van der Waals surface area contributed by atoms with Gasteiger partial charge in [0.1, 0.15) is 6.61 Å². The topological polar surface area (TPSA) is 60.5 Å². The molecule has 1 aromatic heterocycles. The fraction of sp³-hybridized carbons (Fsp3) is 0.222. The molecule has 0 radical (unpaired) electrons. The summed E-state index contributed by atoms with van der Waals surface area (Å²) in [6, 6.07) is 8.91. The van der Waals surface area contributed by atoms with Crippen LogP contribution in [0.3, 0.4) is 0 Å². The highest BCUT2D eigenvalue weighted by Crippen LogP contribution is 2.29. The zero-order chi connectivity index (χ0) is 16.5. The normalized spacial score (nSPS) is 9.96. The van der Waals surface area contributed by atoms with Gasteiger partial charge in [0.25, 0.3) is 5.91 Å². The third-order valence-electron chi connectivity index (χ3n) is 3.06. The molecule has 0 atom stereocenters. The van der Waals surface area contributed by atoms with Gasteiger partial charge in [0.2, 0.25) is 0 Å². The van der Waals surface area contributed by atoms with Gasteiger partial charge in [-0.3, -0.25) is 9.78 Å². The first-order valence-corrected chi connectivity index (χ1v) is 7.42. The molecule has 0 fully saturated rings. The summed E-state index contributed by atoms with van der Waals surface area (Å²) in [5, 5.41) is 2.73. The first-order chi connectivity index (χ1) is 11.2. The van der Waals surface area contributed by atoms with Crippen LogP contribution >= 0.6 is 0 Å². The van der Waals surface area contributed by atoms with E-state index < -0.39 is 0 Å². The van der Waals surface area contributed by atoms with Gasteiger partial charge < -0.3 is 14.8 Å². The number of nitrogens with zero attached hydrogens (tertiary/aromatic N) is 1. The van der Waals surface area contributed by atoms with Gasteiger partial charge in [0.05, 0.1) is 6.61 Å². The molecule has 5 heteroatoms. The summed E-state index contributed by atoms with van der Waals surface area (Å²) < 4.78 is 11.4. The summed E-state index contributed by atoms with van der Waals surface area (Å²) in [6.07, 6.45) is 5.07. The monoisotopic (exact) mass is 312 g/mol. The first-order valence-electron chi connectivity index (χ1n) is 7.42. The number of hydrogen-bond donors (Lipinski definition) is 1. The molecule has 2 aromatic rings. The van der Waals surface area contributed by atoms with Crippen molar-refractivity contribution >= 4 is 5.91 Å². The minimum Gasteiger partial charge on any atom is -0.490 e. The van der Waals surface area contributed by atoms with Crippen molar-refractivity contribution in [2.24, 2.45) is 0 Å². The number of pyridine rings is 1. The molecule has 0 bridgehead atoms. The number of carbonyl (C=O) groups excluding carboxylic acids is 1. The highest BCUT2D eigenvalue weighted by Gasteiger charge is 2.11. The molecule has 0 aliphatic heterocycles. The number of rotatable bonds is 8. The Kier molecular flexibility index (Phi) is 6.17. The van der Waals surface area contributed by atoms with Crippen molar-refractivity contribution in [3.63, 3.8) is 0 Å². The molecule has 1 heterocycles. The Labute approximate surface area is 136 Å². The number of amides is 1. The summed E-state index contributed by atoms with van der Waals surface area (Å²) in [4.78, 5) is 16.0. The van der Waals surface area contributed by atoms with Crippen LogP contribution in [0.25, 0.3) is 0 Å². The van der Waals surface area contributed by atoms with Gasteiger partial charge in [0.15, 0.2) is 11.5 Å². The average Bonchev–Trinajstić information content (AvgIpc) is 2.59. The first kappa shape index (κ1) is 16.5. The molecule has 0 unspecified atom stereocenters. The lowest BCUT2D eigenvalue weighted by molar-refractivity contribution is 0.0957. The quantitative estimate of drug-likeness (QED) is 0.761. The van der Waals surface area contributed by atoms with Gasteiger partial charge in [-0.1, -0.05) is 6.08 Å². The highest BCUT2D eigenvalue weighted by atomic mass is 16.5. The number of ether oxygens (including phenoxy) is 2. The van der Waals surface area contributed by atoms with Gasteiger partial charge in [-0.15, -0.1) is 6.58 Å². The zero-order valence-corrected chi connectivity index (χ0v) is 13.1. The summed E-state index contributed by atoms with van der Waals surface area (Å²) in [7, 11) is 0. The molecule has 120 valence electrons. The Hall–Kier alpha value is -2.82. The maximum Gasteiger partial charge on any atom is 0.251 e. The second-order valence-electron chi connectivity index (χ2n) is 4.74. The molecule has 5 nitrogen and oxygen atoms in total. The van der Waals surface area contributed by atoms with Gasteiger partial charge in [0, 0.05) is 24.5 Å². The van der Waals surface area contributed by atoms with Crippen LogP contribution in [0.5, 0.6) is 11.5 Å². The van der Waals surface area contributed by atoms with Crippen LogP contribution in [0.4, 0.5) is 0 Å². The lowest BCUT2D eigenvalue weighted by atomic mass is 10.2. The van der Waals surface area contributed by atoms with Crippen LogP contribution < -0.4 is 14.8 Å². The third-order valence-corrected chi connectivity index (χ3v) is 3.06. The van der Waals surface area contributed by atoms with E-state index in [1.54, 1.807) is 36.7 Å². The van der Waals surface area contributed by atoms with Crippen LogP contribution in [0.1, 0.15) is 22.8 Å². The van der Waals surface area contributed by atoms with Gasteiger partial charge in [-0.05, 0) is 42.8 Å². The van der Waals surface area contributed by atoms with Crippen LogP contribution in [0.15, 0.2) is 55.4 Å². The van der Waals surface area contributed by atoms with Crippen molar-refractivity contribution in [1.29, 1.82) is 0 Å². The van der Waals surface area contributed by atoms with Crippen LogP contribution in [-0.4, -0.2) is 24.0 Å². The molecule has 0 saturated heterocycles. The average molecular weight is 312 g/mol. The lowest BCUT2D eigenvalue weighted by Crippen LogP contribution is -2.23. The van der Waals surface area contributed by atoms with E-state index >= 15 is 0 Å². The van der Waals surface area contributed by atoms with E-state index in [0.29, 0.717) is 36.8 Å². The Morgan fingerprint density at radius 3 is 2.70 bits per heavy atom. The van der Waals surface area contributed by atoms with Crippen molar-refractivity contribution in [1.82, 2.24) is 10.3 Å². The van der Waals surface area contributed by atoms with Crippen molar-refractivity contribution in [2.75, 3.05) is 13.2 Å². The highest BCUT2D eigenvalue weighted by molar-refractivity contribution is 5.94. The molecule has 23 heavy (non-hydrogen) atoms. The number of nitrogens with one attached hydrogen (secondary N) is 1. The second kappa shape index (κ2) is 8.58. The summed E-state index contributed by atoms with van der Waals surface area (Å²) >= 11 is 0. The molecule has 1 aromatic carbocycles. The third kappa shape index (κ3) is 4.85. The fourth-order valence-electron chi connectivity index (χ4n) is 1.94. The second-order valence-corrected chi connectivity index (χ2v) is 4.74. The molecule has 0 aliphatic rings. The Balaban J connectivity index is 2.12. The van der Waals surface area contributed by atoms with E-state index in [1.807, 2.05) is 19.1 Å². The van der Waals surface area contributed by atoms with Crippen molar-refractivity contribution in [3.05, 3.63) is 66.5 Å². The van der Waals surface area contributed by atoms with E-state index in [2.05, 4.69) is 16.9 Å². The number of benzene rings is 1. The van der Waals surface area contributed by atoms with Crippen LogP contribution in [0, 0.1) is 0 Å². The van der Waals surface area contributed by atoms with E-state index in [-0.39, 0.29) is 5.91 Å². The van der Waals surface area contributed by atoms with E-state index in [9.17, 15) is 4.79 Å². The minimum absolute atomic E-state index is 0.175. The maximum atomic E-state index is 12.0. The smallest absolute Gasteiger partial charge is 0.251 e. The molecule has 2 rings (SSSR count). The molecule has 1 amide bonds. The van der Waals surface area contributed by atoms with Crippen molar-refractivity contribution in [3.8, 4) is 11.5 Å². The Morgan fingerprint density at radius 1 is 1.22 bits per heavy atom. The largest absolute Gasteiger partial charge is 0.490 e. The Morgan fingerprint density at radius 2 is 2.00 bits per heavy atom. The minimum atomic E-state index is -0.175. The van der Waals surface area contributed by atoms with Crippen molar-refractivity contribution in [2.45, 2.75) is 13.5 Å². The summed E-state index contributed by atoms with van der Waals surface area (Å²) in [5.74, 6) is 0.975. The molecule has 1 N–H and O–H groups in total. The Bertz CT molecular complexity index is 657. The van der Waals surface area contributed by atoms with Crippen molar-refractivity contribution < 1.29 is 14.3 Å².